The van der Waals surface area contributed by atoms with Crippen molar-refractivity contribution in [2.75, 3.05) is 25.1 Å². The third-order valence-corrected chi connectivity index (χ3v) is 5.16. The number of methoxy groups -OCH3 is 1. The molecule has 3 rings (SSSR count). The molecule has 0 bridgehead atoms. The second-order valence-corrected chi connectivity index (χ2v) is 7.26. The van der Waals surface area contributed by atoms with Gasteiger partial charge >= 0.3 is 6.03 Å². The predicted molar refractivity (Wildman–Crippen MR) is 115 cm³/mol. The summed E-state index contributed by atoms with van der Waals surface area (Å²) in [5, 5.41) is 2.72. The fourth-order valence-electron chi connectivity index (χ4n) is 3.51. The zero-order valence-corrected chi connectivity index (χ0v) is 17.6. The van der Waals surface area contributed by atoms with Crippen LogP contribution in [0.4, 0.5) is 10.5 Å². The van der Waals surface area contributed by atoms with Crippen molar-refractivity contribution in [1.29, 1.82) is 0 Å². The van der Waals surface area contributed by atoms with E-state index in [1.807, 2.05) is 50.2 Å². The molecule has 0 saturated carbocycles. The van der Waals surface area contributed by atoms with Gasteiger partial charge in [-0.15, -0.1) is 0 Å². The van der Waals surface area contributed by atoms with E-state index in [-0.39, 0.29) is 18.2 Å². The Morgan fingerprint density at radius 3 is 2.33 bits per heavy atom. The van der Waals surface area contributed by atoms with Gasteiger partial charge in [-0.2, -0.15) is 0 Å². The van der Waals surface area contributed by atoms with E-state index in [0.29, 0.717) is 25.2 Å². The summed E-state index contributed by atoms with van der Waals surface area (Å²) in [6.07, 6.45) is 0.514. The molecule has 2 aromatic carbocycles. The summed E-state index contributed by atoms with van der Waals surface area (Å²) in [6.45, 7) is 4.57. The summed E-state index contributed by atoms with van der Waals surface area (Å²) < 4.78 is 5.17. The van der Waals surface area contributed by atoms with Crippen LogP contribution in [0.5, 0.6) is 5.75 Å². The molecule has 1 aliphatic heterocycles. The molecule has 1 fully saturated rings. The van der Waals surface area contributed by atoms with Crippen molar-refractivity contribution in [3.63, 3.8) is 0 Å². The van der Waals surface area contributed by atoms with Crippen LogP contribution in [0, 0.1) is 6.92 Å². The Morgan fingerprint density at radius 2 is 1.73 bits per heavy atom. The summed E-state index contributed by atoms with van der Waals surface area (Å²) in [5.41, 5.74) is 2.57. The number of carbonyl (C=O) groups excluding carboxylic acids is 3. The fourth-order valence-corrected chi connectivity index (χ4v) is 3.51. The molecule has 1 atom stereocenters. The van der Waals surface area contributed by atoms with Gasteiger partial charge in [0, 0.05) is 13.1 Å². The molecule has 4 amide bonds. The molecule has 30 heavy (non-hydrogen) atoms. The quantitative estimate of drug-likeness (QED) is 0.680. The molecular formula is C23H27N3O4. The largest absolute Gasteiger partial charge is 0.497 e. The molecule has 0 spiro atoms. The highest BCUT2D eigenvalue weighted by Crippen LogP contribution is 2.27. The van der Waals surface area contributed by atoms with E-state index in [0.717, 1.165) is 16.9 Å². The number of amides is 4. The number of nitrogens with one attached hydrogen (secondary N) is 1. The number of hydrogen-bond donors (Lipinski definition) is 1. The van der Waals surface area contributed by atoms with Crippen molar-refractivity contribution in [2.24, 2.45) is 0 Å². The molecule has 158 valence electrons. The lowest BCUT2D eigenvalue weighted by molar-refractivity contribution is -0.127. The number of benzene rings is 2. The first-order chi connectivity index (χ1) is 14.4. The zero-order valence-electron chi connectivity index (χ0n) is 17.6. The normalized spacial score (nSPS) is 16.2. The van der Waals surface area contributed by atoms with Crippen LogP contribution in [0.15, 0.2) is 48.5 Å². The molecule has 0 aliphatic carbocycles. The number of rotatable bonds is 8. The average molecular weight is 409 g/mol. The molecular weight excluding hydrogens is 382 g/mol. The Bertz CT molecular complexity index is 909. The minimum Gasteiger partial charge on any atom is -0.497 e. The molecule has 0 aromatic heterocycles. The first-order valence-corrected chi connectivity index (χ1v) is 10.1. The highest BCUT2D eigenvalue weighted by atomic mass is 16.5. The van der Waals surface area contributed by atoms with Gasteiger partial charge in [0.2, 0.25) is 5.91 Å². The monoisotopic (exact) mass is 409 g/mol. The van der Waals surface area contributed by atoms with Crippen LogP contribution in [0.25, 0.3) is 0 Å². The lowest BCUT2D eigenvalue weighted by Crippen LogP contribution is -2.40. The topological polar surface area (TPSA) is 79.0 Å². The Kier molecular flexibility index (Phi) is 6.72. The summed E-state index contributed by atoms with van der Waals surface area (Å²) >= 11 is 0. The van der Waals surface area contributed by atoms with Crippen LogP contribution < -0.4 is 15.0 Å². The highest BCUT2D eigenvalue weighted by molar-refractivity contribution is 6.22. The second kappa shape index (κ2) is 9.43. The van der Waals surface area contributed by atoms with Crippen molar-refractivity contribution < 1.29 is 19.1 Å². The fraction of sp³-hybridized carbons (Fsp3) is 0.348. The molecule has 1 N–H and O–H groups in total. The number of carbonyl (C=O) groups is 3. The number of aryl methyl sites for hydroxylation is 1. The lowest BCUT2D eigenvalue weighted by atomic mass is 10.1. The summed E-state index contributed by atoms with van der Waals surface area (Å²) in [6, 6.07) is 13.6. The zero-order chi connectivity index (χ0) is 21.7. The predicted octanol–water partition coefficient (Wildman–Crippen LogP) is 2.91. The van der Waals surface area contributed by atoms with E-state index >= 15 is 0 Å². The first kappa shape index (κ1) is 21.4. The van der Waals surface area contributed by atoms with Crippen LogP contribution in [-0.2, 0) is 16.0 Å². The molecule has 1 aliphatic rings. The van der Waals surface area contributed by atoms with Gasteiger partial charge in [-0.1, -0.05) is 29.8 Å². The maximum atomic E-state index is 13.2. The SMILES string of the molecule is CCNC(=O)C[C@@H]1C(=O)N(c2ccc(C)cc2)C(=O)N1CCc1ccc(OC)cc1. The maximum absolute atomic E-state index is 13.2. The number of urea groups is 1. The van der Waals surface area contributed by atoms with Crippen LogP contribution in [0.3, 0.4) is 0 Å². The van der Waals surface area contributed by atoms with E-state index in [1.54, 1.807) is 19.2 Å². The minimum absolute atomic E-state index is 0.0522. The van der Waals surface area contributed by atoms with E-state index in [4.69, 9.17) is 4.74 Å². The molecule has 7 nitrogen and oxygen atoms in total. The molecule has 1 saturated heterocycles. The van der Waals surface area contributed by atoms with Gasteiger partial charge < -0.3 is 15.0 Å². The first-order valence-electron chi connectivity index (χ1n) is 10.1. The molecule has 2 aromatic rings. The maximum Gasteiger partial charge on any atom is 0.332 e. The third-order valence-electron chi connectivity index (χ3n) is 5.16. The van der Waals surface area contributed by atoms with E-state index < -0.39 is 12.1 Å². The average Bonchev–Trinajstić information content (AvgIpc) is 2.97. The van der Waals surface area contributed by atoms with Crippen molar-refractivity contribution in [1.82, 2.24) is 10.2 Å². The third kappa shape index (κ3) is 4.62. The minimum atomic E-state index is -0.816. The van der Waals surface area contributed by atoms with Gasteiger partial charge in [0.1, 0.15) is 11.8 Å². The van der Waals surface area contributed by atoms with E-state index in [2.05, 4.69) is 5.32 Å². The molecule has 0 radical (unpaired) electrons. The number of nitrogens with zero attached hydrogens (tertiary/aromatic N) is 2. The van der Waals surface area contributed by atoms with Gasteiger partial charge in [-0.05, 0) is 50.1 Å². The van der Waals surface area contributed by atoms with E-state index in [1.165, 1.54) is 9.80 Å². The lowest BCUT2D eigenvalue weighted by Gasteiger charge is -2.21. The van der Waals surface area contributed by atoms with Gasteiger partial charge in [0.15, 0.2) is 0 Å². The number of hydrogen-bond acceptors (Lipinski definition) is 4. The molecule has 0 unspecified atom stereocenters. The van der Waals surface area contributed by atoms with Gasteiger partial charge in [0.25, 0.3) is 5.91 Å². The second-order valence-electron chi connectivity index (χ2n) is 7.26. The smallest absolute Gasteiger partial charge is 0.332 e. The van der Waals surface area contributed by atoms with Crippen LogP contribution in [0.1, 0.15) is 24.5 Å². The van der Waals surface area contributed by atoms with Gasteiger partial charge in [0.05, 0.1) is 19.2 Å². The summed E-state index contributed by atoms with van der Waals surface area (Å²) in [7, 11) is 1.61. The van der Waals surface area contributed by atoms with E-state index in [9.17, 15) is 14.4 Å². The number of anilines is 1. The van der Waals surface area contributed by atoms with Crippen molar-refractivity contribution in [2.45, 2.75) is 32.7 Å². The number of imide groups is 1. The summed E-state index contributed by atoms with van der Waals surface area (Å²) in [4.78, 5) is 41.1. The van der Waals surface area contributed by atoms with Crippen LogP contribution in [0.2, 0.25) is 0 Å². The highest BCUT2D eigenvalue weighted by Gasteiger charge is 2.46. The number of ether oxygens (including phenoxy) is 1. The Labute approximate surface area is 176 Å². The Balaban J connectivity index is 1.82. The molecule has 7 heteroatoms. The van der Waals surface area contributed by atoms with Crippen molar-refractivity contribution >= 4 is 23.5 Å². The van der Waals surface area contributed by atoms with Crippen LogP contribution >= 0.6 is 0 Å². The summed E-state index contributed by atoms with van der Waals surface area (Å²) in [5.74, 6) is 0.138. The Morgan fingerprint density at radius 1 is 1.07 bits per heavy atom. The van der Waals surface area contributed by atoms with Crippen molar-refractivity contribution in [3.8, 4) is 5.75 Å². The molecule has 1 heterocycles. The van der Waals surface area contributed by atoms with Crippen molar-refractivity contribution in [3.05, 3.63) is 59.7 Å². The van der Waals surface area contributed by atoms with Crippen LogP contribution in [-0.4, -0.2) is 49.0 Å². The Hall–Kier alpha value is -3.35. The standard InChI is InChI=1S/C23H27N3O4/c1-4-24-21(27)15-20-22(28)26(18-9-5-16(2)6-10-18)23(29)25(20)14-13-17-7-11-19(30-3)12-8-17/h5-12,20H,4,13-15H2,1-3H3,(H,24,27)/t20-/m1/s1. The van der Waals surface area contributed by atoms with Gasteiger partial charge in [-0.3, -0.25) is 9.59 Å². The van der Waals surface area contributed by atoms with Gasteiger partial charge in [-0.25, -0.2) is 9.69 Å².